The van der Waals surface area contributed by atoms with Gasteiger partial charge in [-0.3, -0.25) is 4.79 Å². The van der Waals surface area contributed by atoms with Crippen LogP contribution in [0.3, 0.4) is 0 Å². The molecule has 0 bridgehead atoms. The third kappa shape index (κ3) is 5.12. The summed E-state index contributed by atoms with van der Waals surface area (Å²) in [7, 11) is 0. The second-order valence-electron chi connectivity index (χ2n) is 5.53. The van der Waals surface area contributed by atoms with Gasteiger partial charge >= 0.3 is 6.03 Å². The minimum atomic E-state index is -0.329. The number of benzene rings is 2. The number of amides is 3. The summed E-state index contributed by atoms with van der Waals surface area (Å²) in [5, 5.41) is 8.41. The molecule has 5 heteroatoms. The van der Waals surface area contributed by atoms with E-state index in [1.807, 2.05) is 44.2 Å². The van der Waals surface area contributed by atoms with Crippen molar-refractivity contribution in [3.05, 3.63) is 54.6 Å². The quantitative estimate of drug-likeness (QED) is 0.720. The van der Waals surface area contributed by atoms with Crippen LogP contribution in [0.5, 0.6) is 0 Å². The third-order valence-corrected chi connectivity index (χ3v) is 3.78. The van der Waals surface area contributed by atoms with Crippen LogP contribution in [0, 0.1) is 5.92 Å². The lowest BCUT2D eigenvalue weighted by Gasteiger charge is -2.14. The van der Waals surface area contributed by atoms with Gasteiger partial charge in [0.05, 0.1) is 0 Å². The van der Waals surface area contributed by atoms with Gasteiger partial charge in [-0.05, 0) is 43.2 Å². The van der Waals surface area contributed by atoms with E-state index in [2.05, 4.69) is 16.0 Å². The van der Waals surface area contributed by atoms with E-state index >= 15 is 0 Å². The molecule has 0 aliphatic heterocycles. The van der Waals surface area contributed by atoms with Crippen molar-refractivity contribution in [1.82, 2.24) is 0 Å². The number of para-hydroxylation sites is 1. The van der Waals surface area contributed by atoms with Gasteiger partial charge in [-0.15, -0.1) is 0 Å². The van der Waals surface area contributed by atoms with Gasteiger partial charge in [-0.2, -0.15) is 0 Å². The molecule has 0 radical (unpaired) electrons. The van der Waals surface area contributed by atoms with Crippen molar-refractivity contribution < 1.29 is 9.59 Å². The largest absolute Gasteiger partial charge is 0.326 e. The van der Waals surface area contributed by atoms with Crippen LogP contribution in [-0.4, -0.2) is 11.9 Å². The SMILES string of the molecule is CCC(CC)C(=O)Nc1cccc(NC(=O)Nc2ccccc2)c1. The highest BCUT2D eigenvalue weighted by Gasteiger charge is 2.14. The molecule has 24 heavy (non-hydrogen) atoms. The van der Waals surface area contributed by atoms with Crippen molar-refractivity contribution in [2.45, 2.75) is 26.7 Å². The number of urea groups is 1. The Bertz CT molecular complexity index is 682. The van der Waals surface area contributed by atoms with Crippen LogP contribution in [0.15, 0.2) is 54.6 Å². The van der Waals surface area contributed by atoms with Crippen molar-refractivity contribution >= 4 is 29.0 Å². The Labute approximate surface area is 142 Å². The highest BCUT2D eigenvalue weighted by molar-refractivity contribution is 6.00. The first-order valence-corrected chi connectivity index (χ1v) is 8.16. The lowest BCUT2D eigenvalue weighted by Crippen LogP contribution is -2.22. The summed E-state index contributed by atoms with van der Waals surface area (Å²) in [6.07, 6.45) is 1.61. The number of anilines is 3. The Hall–Kier alpha value is -2.82. The number of hydrogen-bond donors (Lipinski definition) is 3. The maximum absolute atomic E-state index is 12.1. The Morgan fingerprint density at radius 3 is 1.96 bits per heavy atom. The van der Waals surface area contributed by atoms with Crippen molar-refractivity contribution in [2.24, 2.45) is 5.92 Å². The molecule has 0 aromatic heterocycles. The van der Waals surface area contributed by atoms with Crippen molar-refractivity contribution in [3.8, 4) is 0 Å². The maximum atomic E-state index is 12.1. The first kappa shape index (κ1) is 17.5. The molecule has 5 nitrogen and oxygen atoms in total. The molecule has 0 fully saturated rings. The first-order valence-electron chi connectivity index (χ1n) is 8.16. The van der Waals surface area contributed by atoms with Crippen LogP contribution in [0.1, 0.15) is 26.7 Å². The van der Waals surface area contributed by atoms with Gasteiger partial charge in [-0.25, -0.2) is 4.79 Å². The molecule has 0 spiro atoms. The van der Waals surface area contributed by atoms with E-state index < -0.39 is 0 Å². The van der Waals surface area contributed by atoms with Crippen LogP contribution >= 0.6 is 0 Å². The molecule has 3 amide bonds. The van der Waals surface area contributed by atoms with Crippen molar-refractivity contribution in [2.75, 3.05) is 16.0 Å². The van der Waals surface area contributed by atoms with Gasteiger partial charge in [0.1, 0.15) is 0 Å². The van der Waals surface area contributed by atoms with Crippen molar-refractivity contribution in [1.29, 1.82) is 0 Å². The lowest BCUT2D eigenvalue weighted by molar-refractivity contribution is -0.120. The molecule has 2 aromatic rings. The normalized spacial score (nSPS) is 10.3. The predicted octanol–water partition coefficient (Wildman–Crippen LogP) is 4.71. The summed E-state index contributed by atoms with van der Waals surface area (Å²) in [5.41, 5.74) is 2.00. The monoisotopic (exact) mass is 325 g/mol. The summed E-state index contributed by atoms with van der Waals surface area (Å²) in [6, 6.07) is 16.0. The van der Waals surface area contributed by atoms with Crippen LogP contribution in [0.4, 0.5) is 21.9 Å². The van der Waals surface area contributed by atoms with Crippen molar-refractivity contribution in [3.63, 3.8) is 0 Å². The van der Waals surface area contributed by atoms with Crippen LogP contribution in [0.2, 0.25) is 0 Å². The number of carbonyl (C=O) groups excluding carboxylic acids is 2. The van der Waals surface area contributed by atoms with E-state index in [0.717, 1.165) is 12.8 Å². The highest BCUT2D eigenvalue weighted by Crippen LogP contribution is 2.18. The van der Waals surface area contributed by atoms with Gasteiger partial charge in [-0.1, -0.05) is 38.1 Å². The second kappa shape index (κ2) is 8.72. The van der Waals surface area contributed by atoms with Gasteiger partial charge < -0.3 is 16.0 Å². The zero-order valence-electron chi connectivity index (χ0n) is 14.0. The maximum Gasteiger partial charge on any atom is 0.323 e. The summed E-state index contributed by atoms with van der Waals surface area (Å²) >= 11 is 0. The fourth-order valence-corrected chi connectivity index (χ4v) is 2.39. The minimum Gasteiger partial charge on any atom is -0.326 e. The van der Waals surface area contributed by atoms with Gasteiger partial charge in [0, 0.05) is 23.0 Å². The smallest absolute Gasteiger partial charge is 0.323 e. The molecule has 0 atom stereocenters. The Balaban J connectivity index is 1.97. The molecule has 2 aromatic carbocycles. The molecule has 126 valence electrons. The van der Waals surface area contributed by atoms with Crippen LogP contribution in [0.25, 0.3) is 0 Å². The standard InChI is InChI=1S/C19H23N3O2/c1-3-14(4-2)18(23)20-16-11-8-12-17(13-16)22-19(24)21-15-9-6-5-7-10-15/h5-14H,3-4H2,1-2H3,(H,20,23)(H2,21,22,24). The Kier molecular flexibility index (Phi) is 6.37. The molecule has 3 N–H and O–H groups in total. The van der Waals surface area contributed by atoms with Gasteiger partial charge in [0.2, 0.25) is 5.91 Å². The predicted molar refractivity (Wildman–Crippen MR) is 98.2 cm³/mol. The van der Waals surface area contributed by atoms with E-state index in [9.17, 15) is 9.59 Å². The number of hydrogen-bond acceptors (Lipinski definition) is 2. The zero-order valence-corrected chi connectivity index (χ0v) is 14.0. The molecule has 0 aliphatic rings. The molecular formula is C19H23N3O2. The minimum absolute atomic E-state index is 0.00277. The first-order chi connectivity index (χ1) is 11.6. The Morgan fingerprint density at radius 2 is 1.33 bits per heavy atom. The number of carbonyl (C=O) groups is 2. The van der Waals surface area contributed by atoms with E-state index in [-0.39, 0.29) is 17.9 Å². The highest BCUT2D eigenvalue weighted by atomic mass is 16.2. The fourth-order valence-electron chi connectivity index (χ4n) is 2.39. The van der Waals surface area contributed by atoms with E-state index in [4.69, 9.17) is 0 Å². The molecule has 0 saturated carbocycles. The molecule has 0 heterocycles. The number of nitrogens with one attached hydrogen (secondary N) is 3. The average Bonchev–Trinajstić information content (AvgIpc) is 2.57. The van der Waals surface area contributed by atoms with Gasteiger partial charge in [0.15, 0.2) is 0 Å². The average molecular weight is 325 g/mol. The fraction of sp³-hybridized carbons (Fsp3) is 0.263. The zero-order chi connectivity index (χ0) is 17.4. The topological polar surface area (TPSA) is 70.2 Å². The molecule has 2 rings (SSSR count). The summed E-state index contributed by atoms with van der Waals surface area (Å²) in [4.78, 5) is 24.1. The van der Waals surface area contributed by atoms with Gasteiger partial charge in [0.25, 0.3) is 0 Å². The third-order valence-electron chi connectivity index (χ3n) is 3.78. The molecular weight excluding hydrogens is 302 g/mol. The van der Waals surface area contributed by atoms with Crippen LogP contribution in [-0.2, 0) is 4.79 Å². The summed E-state index contributed by atoms with van der Waals surface area (Å²) in [6.45, 7) is 4.00. The second-order valence-corrected chi connectivity index (χ2v) is 5.53. The van der Waals surface area contributed by atoms with E-state index in [1.54, 1.807) is 24.3 Å². The molecule has 0 aliphatic carbocycles. The lowest BCUT2D eigenvalue weighted by atomic mass is 10.0. The van der Waals surface area contributed by atoms with Crippen LogP contribution < -0.4 is 16.0 Å². The summed E-state index contributed by atoms with van der Waals surface area (Å²) < 4.78 is 0. The van der Waals surface area contributed by atoms with E-state index in [0.29, 0.717) is 17.1 Å². The molecule has 0 unspecified atom stereocenters. The number of rotatable bonds is 6. The Morgan fingerprint density at radius 1 is 0.792 bits per heavy atom. The summed E-state index contributed by atoms with van der Waals surface area (Å²) in [5.74, 6) is 0.00822. The molecule has 0 saturated heterocycles. The van der Waals surface area contributed by atoms with E-state index in [1.165, 1.54) is 0 Å².